The molecule has 0 saturated heterocycles. The predicted octanol–water partition coefficient (Wildman–Crippen LogP) is -2.34. The Morgan fingerprint density at radius 2 is 1.75 bits per heavy atom. The molecule has 0 aromatic heterocycles. The fourth-order valence-electron chi connectivity index (χ4n) is 1.35. The van der Waals surface area contributed by atoms with Crippen molar-refractivity contribution < 1.29 is 65.4 Å². The first-order chi connectivity index (χ1) is 5.08. The molecule has 0 bridgehead atoms. The fourth-order valence-corrected chi connectivity index (χ4v) is 1.92. The summed E-state index contributed by atoms with van der Waals surface area (Å²) in [6.45, 7) is 0. The summed E-state index contributed by atoms with van der Waals surface area (Å²) in [6, 6.07) is 0. The largest absolute Gasteiger partial charge is 1.00 e. The van der Waals surface area contributed by atoms with Crippen molar-refractivity contribution in [1.29, 1.82) is 0 Å². The van der Waals surface area contributed by atoms with Crippen LogP contribution in [0.15, 0.2) is 0 Å². The van der Waals surface area contributed by atoms with Gasteiger partial charge in [0.05, 0.1) is 6.10 Å². The molecular weight excluding hydrogens is 205 g/mol. The Balaban J connectivity index is 0. The minimum absolute atomic E-state index is 0. The van der Waals surface area contributed by atoms with Crippen molar-refractivity contribution in [2.45, 2.75) is 38.2 Å². The number of nitrogens with two attached hydrogens (primary N) is 1. The van der Waals surface area contributed by atoms with Crippen LogP contribution in [0.5, 0.6) is 0 Å². The van der Waals surface area contributed by atoms with E-state index in [-0.39, 0.29) is 58.9 Å². The maximum absolute atomic E-state index is 10.5. The van der Waals surface area contributed by atoms with Gasteiger partial charge in [-0.3, -0.25) is 4.18 Å². The molecule has 0 aromatic rings. The third-order valence-corrected chi connectivity index (χ3v) is 2.36. The van der Waals surface area contributed by atoms with Gasteiger partial charge in [-0.05, 0) is 12.8 Å². The molecule has 6 heteroatoms. The normalized spacial score (nSPS) is 20.1. The van der Waals surface area contributed by atoms with E-state index in [4.69, 9.17) is 5.14 Å². The van der Waals surface area contributed by atoms with E-state index in [2.05, 4.69) is 4.18 Å². The molecule has 1 aliphatic rings. The van der Waals surface area contributed by atoms with Gasteiger partial charge in [-0.2, -0.15) is 8.42 Å². The van der Waals surface area contributed by atoms with Crippen LogP contribution in [0.1, 0.15) is 33.5 Å². The van der Waals surface area contributed by atoms with E-state index in [9.17, 15) is 8.42 Å². The van der Waals surface area contributed by atoms with E-state index in [1.54, 1.807) is 0 Å². The van der Waals surface area contributed by atoms with Crippen LogP contribution in [-0.2, 0) is 14.5 Å². The van der Waals surface area contributed by atoms with Crippen LogP contribution in [0.2, 0.25) is 0 Å². The summed E-state index contributed by atoms with van der Waals surface area (Å²) >= 11 is 0. The average molecular weight is 219 g/mol. The molecule has 1 rings (SSSR count). The molecule has 0 amide bonds. The first-order valence-electron chi connectivity index (χ1n) is 3.79. The maximum atomic E-state index is 10.5. The van der Waals surface area contributed by atoms with Gasteiger partial charge in [0.2, 0.25) is 0 Å². The standard InChI is InChI=1S/C6H13NO3S.K.H/c7-11(8,9)10-6-4-2-1-3-5-6;;/h6H,1-5H2,(H2,7,8,9);;/q;+1;-1. The summed E-state index contributed by atoms with van der Waals surface area (Å²) in [5.74, 6) is 0. The Hall–Kier alpha value is 1.51. The van der Waals surface area contributed by atoms with Crippen molar-refractivity contribution in [3.05, 3.63) is 0 Å². The Morgan fingerprint density at radius 1 is 1.25 bits per heavy atom. The van der Waals surface area contributed by atoms with Crippen LogP contribution in [0.25, 0.3) is 0 Å². The van der Waals surface area contributed by atoms with Crippen LogP contribution in [0.4, 0.5) is 0 Å². The summed E-state index contributed by atoms with van der Waals surface area (Å²) in [7, 11) is -3.72. The first-order valence-corrected chi connectivity index (χ1v) is 5.26. The second-order valence-corrected chi connectivity index (χ2v) is 4.03. The average Bonchev–Trinajstić information content (AvgIpc) is 1.85. The molecule has 68 valence electrons. The Bertz CT molecular complexity index is 216. The van der Waals surface area contributed by atoms with Gasteiger partial charge >= 0.3 is 61.7 Å². The minimum Gasteiger partial charge on any atom is -1.00 e. The molecular formula is C6H14KNO3S. The van der Waals surface area contributed by atoms with Gasteiger partial charge < -0.3 is 1.43 Å². The summed E-state index contributed by atoms with van der Waals surface area (Å²) in [5, 5.41) is 4.72. The minimum atomic E-state index is -3.72. The monoisotopic (exact) mass is 219 g/mol. The van der Waals surface area contributed by atoms with E-state index >= 15 is 0 Å². The van der Waals surface area contributed by atoms with Gasteiger partial charge in [-0.25, -0.2) is 5.14 Å². The number of hydrogen-bond donors (Lipinski definition) is 1. The van der Waals surface area contributed by atoms with Crippen molar-refractivity contribution in [2.75, 3.05) is 0 Å². The molecule has 4 nitrogen and oxygen atoms in total. The molecule has 1 fully saturated rings. The third-order valence-electron chi connectivity index (χ3n) is 1.82. The molecule has 2 N–H and O–H groups in total. The molecule has 0 aliphatic heterocycles. The van der Waals surface area contributed by atoms with Gasteiger partial charge in [-0.15, -0.1) is 0 Å². The van der Waals surface area contributed by atoms with E-state index in [1.807, 2.05) is 0 Å². The van der Waals surface area contributed by atoms with Crippen molar-refractivity contribution in [3.8, 4) is 0 Å². The number of rotatable bonds is 2. The van der Waals surface area contributed by atoms with E-state index in [1.165, 1.54) is 6.42 Å². The van der Waals surface area contributed by atoms with Gasteiger partial charge in [0, 0.05) is 0 Å². The Labute approximate surface area is 117 Å². The fraction of sp³-hybridized carbons (Fsp3) is 1.00. The van der Waals surface area contributed by atoms with Crippen molar-refractivity contribution in [2.24, 2.45) is 5.14 Å². The Kier molecular flexibility index (Phi) is 6.84. The van der Waals surface area contributed by atoms with Crippen molar-refractivity contribution in [1.82, 2.24) is 0 Å². The van der Waals surface area contributed by atoms with Gasteiger partial charge in [-0.1, -0.05) is 19.3 Å². The topological polar surface area (TPSA) is 69.4 Å². The zero-order valence-corrected chi connectivity index (χ0v) is 11.3. The molecule has 1 saturated carbocycles. The van der Waals surface area contributed by atoms with Gasteiger partial charge in [0.25, 0.3) is 0 Å². The second kappa shape index (κ2) is 6.08. The van der Waals surface area contributed by atoms with Gasteiger partial charge in [0.15, 0.2) is 0 Å². The molecule has 0 radical (unpaired) electrons. The number of hydrogen-bond acceptors (Lipinski definition) is 3. The first kappa shape index (κ1) is 13.5. The quantitative estimate of drug-likeness (QED) is 0.529. The maximum Gasteiger partial charge on any atom is 1.00 e. The molecule has 0 spiro atoms. The SMILES string of the molecule is NS(=O)(=O)OC1CCCCC1.[H-].[K+]. The van der Waals surface area contributed by atoms with E-state index < -0.39 is 10.3 Å². The molecule has 1 aliphatic carbocycles. The van der Waals surface area contributed by atoms with Crippen LogP contribution in [0.3, 0.4) is 0 Å². The van der Waals surface area contributed by atoms with E-state index in [0.29, 0.717) is 0 Å². The smallest absolute Gasteiger partial charge is 1.00 e. The Morgan fingerprint density at radius 3 is 2.17 bits per heavy atom. The summed E-state index contributed by atoms with van der Waals surface area (Å²) < 4.78 is 25.5. The zero-order chi connectivity index (χ0) is 8.32. The predicted molar refractivity (Wildman–Crippen MR) is 42.2 cm³/mol. The molecule has 0 unspecified atom stereocenters. The third kappa shape index (κ3) is 6.04. The van der Waals surface area contributed by atoms with Crippen LogP contribution in [0, 0.1) is 0 Å². The van der Waals surface area contributed by atoms with Crippen molar-refractivity contribution in [3.63, 3.8) is 0 Å². The molecule has 0 aromatic carbocycles. The summed E-state index contributed by atoms with van der Waals surface area (Å²) in [4.78, 5) is 0. The van der Waals surface area contributed by atoms with Gasteiger partial charge in [0.1, 0.15) is 0 Å². The zero-order valence-electron chi connectivity index (χ0n) is 8.32. The molecule has 0 atom stereocenters. The summed E-state index contributed by atoms with van der Waals surface area (Å²) in [5.41, 5.74) is 0. The second-order valence-electron chi connectivity index (χ2n) is 2.85. The van der Waals surface area contributed by atoms with E-state index in [0.717, 1.165) is 25.7 Å². The summed E-state index contributed by atoms with van der Waals surface area (Å²) in [6.07, 6.45) is 4.72. The van der Waals surface area contributed by atoms with Crippen LogP contribution >= 0.6 is 0 Å². The molecule has 0 heterocycles. The molecule has 12 heavy (non-hydrogen) atoms. The van der Waals surface area contributed by atoms with Crippen LogP contribution in [-0.4, -0.2) is 14.5 Å². The van der Waals surface area contributed by atoms with Crippen molar-refractivity contribution >= 4 is 10.3 Å². The van der Waals surface area contributed by atoms with Crippen LogP contribution < -0.4 is 56.5 Å².